The molecule has 0 saturated carbocycles. The van der Waals surface area contributed by atoms with Crippen LogP contribution in [0.25, 0.3) is 0 Å². The van der Waals surface area contributed by atoms with E-state index in [0.29, 0.717) is 0 Å². The van der Waals surface area contributed by atoms with Crippen molar-refractivity contribution < 1.29 is 0 Å². The normalized spacial score (nSPS) is 18.0. The van der Waals surface area contributed by atoms with Gasteiger partial charge in [0, 0.05) is 0 Å². The SMILES string of the molecule is CC(C)[C@H](C)B([C@@H](C)C(C)C)[C@@H](C)C(C)C. The van der Waals surface area contributed by atoms with Crippen molar-refractivity contribution in [3.63, 3.8) is 0 Å². The minimum absolute atomic E-state index is 0.799. The highest BCUT2D eigenvalue weighted by Crippen LogP contribution is 2.41. The van der Waals surface area contributed by atoms with Crippen LogP contribution in [0.5, 0.6) is 0 Å². The molecule has 96 valence electrons. The van der Waals surface area contributed by atoms with E-state index < -0.39 is 0 Å². The van der Waals surface area contributed by atoms with Crippen molar-refractivity contribution in [2.45, 2.75) is 79.8 Å². The minimum Gasteiger partial charge on any atom is -0.0688 e. The van der Waals surface area contributed by atoms with Crippen molar-refractivity contribution in [1.29, 1.82) is 0 Å². The summed E-state index contributed by atoms with van der Waals surface area (Å²) in [6.45, 7) is 22.5. The predicted molar refractivity (Wildman–Crippen MR) is 78.5 cm³/mol. The Bertz CT molecular complexity index is 151. The van der Waals surface area contributed by atoms with Crippen molar-refractivity contribution in [3.05, 3.63) is 0 Å². The molecule has 0 amide bonds. The summed E-state index contributed by atoms with van der Waals surface area (Å²) in [5.41, 5.74) is 0. The molecule has 0 aromatic heterocycles. The summed E-state index contributed by atoms with van der Waals surface area (Å²) in [6.07, 6.45) is 0. The van der Waals surface area contributed by atoms with E-state index in [4.69, 9.17) is 0 Å². The summed E-state index contributed by atoms with van der Waals surface area (Å²) in [5, 5.41) is 0. The largest absolute Gasteiger partial charge is 0.149 e. The Balaban J connectivity index is 4.89. The van der Waals surface area contributed by atoms with Crippen LogP contribution in [0, 0.1) is 17.8 Å². The molecule has 0 nitrogen and oxygen atoms in total. The van der Waals surface area contributed by atoms with E-state index in [1.54, 1.807) is 0 Å². The van der Waals surface area contributed by atoms with Crippen molar-refractivity contribution in [1.82, 2.24) is 0 Å². The van der Waals surface area contributed by atoms with Gasteiger partial charge in [0.15, 0.2) is 0 Å². The lowest BCUT2D eigenvalue weighted by atomic mass is 9.25. The average molecular weight is 224 g/mol. The number of hydrogen-bond donors (Lipinski definition) is 0. The van der Waals surface area contributed by atoms with Crippen LogP contribution in [0.4, 0.5) is 0 Å². The second-order valence-electron chi connectivity index (χ2n) is 6.89. The molecule has 0 radical (unpaired) electrons. The molecule has 0 aliphatic rings. The van der Waals surface area contributed by atoms with Gasteiger partial charge in [-0.15, -0.1) is 0 Å². The molecule has 0 aromatic rings. The highest BCUT2D eigenvalue weighted by atomic mass is 14.2. The average Bonchev–Trinajstić information content (AvgIpc) is 2.16. The molecule has 0 aliphatic heterocycles. The standard InChI is InChI=1S/C15H33B/c1-10(2)13(7)16(14(8)11(3)4)15(9)12(5)6/h10-15H,1-9H3/t13-,14-,15-/m0/s1. The summed E-state index contributed by atoms with van der Waals surface area (Å²) in [4.78, 5) is 0. The van der Waals surface area contributed by atoms with Gasteiger partial charge in [-0.1, -0.05) is 97.5 Å². The Morgan fingerprint density at radius 1 is 0.438 bits per heavy atom. The predicted octanol–water partition coefficient (Wildman–Crippen LogP) is 5.62. The fourth-order valence-electron chi connectivity index (χ4n) is 2.77. The van der Waals surface area contributed by atoms with Crippen molar-refractivity contribution >= 4 is 6.71 Å². The van der Waals surface area contributed by atoms with Gasteiger partial charge in [0.1, 0.15) is 6.71 Å². The van der Waals surface area contributed by atoms with Crippen LogP contribution >= 0.6 is 0 Å². The molecule has 0 aromatic carbocycles. The second kappa shape index (κ2) is 6.72. The quantitative estimate of drug-likeness (QED) is 0.513. The molecular formula is C15H33B. The third kappa shape index (κ3) is 4.15. The lowest BCUT2D eigenvalue weighted by Crippen LogP contribution is -2.35. The summed E-state index contributed by atoms with van der Waals surface area (Å²) in [6, 6.07) is 0. The van der Waals surface area contributed by atoms with E-state index in [9.17, 15) is 0 Å². The van der Waals surface area contributed by atoms with Gasteiger partial charge in [-0.3, -0.25) is 0 Å². The molecule has 0 aliphatic carbocycles. The lowest BCUT2D eigenvalue weighted by molar-refractivity contribution is 0.518. The van der Waals surface area contributed by atoms with Crippen LogP contribution in [0.2, 0.25) is 17.5 Å². The van der Waals surface area contributed by atoms with E-state index in [2.05, 4.69) is 62.3 Å². The van der Waals surface area contributed by atoms with E-state index in [1.165, 1.54) is 0 Å². The first-order chi connectivity index (χ1) is 7.20. The minimum atomic E-state index is 0.799. The van der Waals surface area contributed by atoms with Crippen LogP contribution in [0.3, 0.4) is 0 Å². The van der Waals surface area contributed by atoms with E-state index in [1.807, 2.05) is 0 Å². The lowest BCUT2D eigenvalue weighted by Gasteiger charge is -2.37. The van der Waals surface area contributed by atoms with Gasteiger partial charge in [-0.2, -0.15) is 0 Å². The molecular weight excluding hydrogens is 191 g/mol. The smallest absolute Gasteiger partial charge is 0.0688 e. The first kappa shape index (κ1) is 16.1. The molecule has 0 fully saturated rings. The maximum atomic E-state index is 2.45. The summed E-state index contributed by atoms with van der Waals surface area (Å²) in [7, 11) is 0. The Morgan fingerprint density at radius 2 is 0.625 bits per heavy atom. The summed E-state index contributed by atoms with van der Waals surface area (Å²) < 4.78 is 0. The molecule has 0 heterocycles. The highest BCUT2D eigenvalue weighted by molar-refractivity contribution is 6.63. The topological polar surface area (TPSA) is 0 Å². The fraction of sp³-hybridized carbons (Fsp3) is 1.00. The molecule has 0 unspecified atom stereocenters. The Hall–Kier alpha value is 0.0649. The highest BCUT2D eigenvalue weighted by Gasteiger charge is 2.36. The van der Waals surface area contributed by atoms with Crippen LogP contribution in [-0.2, 0) is 0 Å². The van der Waals surface area contributed by atoms with Crippen LogP contribution in [0.15, 0.2) is 0 Å². The Kier molecular flexibility index (Phi) is 6.74. The monoisotopic (exact) mass is 224 g/mol. The Labute approximate surface area is 105 Å². The van der Waals surface area contributed by atoms with Gasteiger partial charge >= 0.3 is 0 Å². The van der Waals surface area contributed by atoms with Gasteiger partial charge in [0.25, 0.3) is 0 Å². The van der Waals surface area contributed by atoms with E-state index >= 15 is 0 Å². The van der Waals surface area contributed by atoms with Gasteiger partial charge in [0.05, 0.1) is 0 Å². The van der Waals surface area contributed by atoms with Crippen molar-refractivity contribution in [3.8, 4) is 0 Å². The van der Waals surface area contributed by atoms with Crippen LogP contribution < -0.4 is 0 Å². The van der Waals surface area contributed by atoms with Crippen LogP contribution in [0.1, 0.15) is 62.3 Å². The van der Waals surface area contributed by atoms with Gasteiger partial charge in [0.2, 0.25) is 0 Å². The zero-order valence-corrected chi connectivity index (χ0v) is 13.0. The van der Waals surface area contributed by atoms with E-state index in [0.717, 1.165) is 41.9 Å². The molecule has 16 heavy (non-hydrogen) atoms. The molecule has 0 saturated heterocycles. The maximum absolute atomic E-state index is 2.45. The zero-order chi connectivity index (χ0) is 13.0. The third-order valence-corrected chi connectivity index (χ3v) is 4.98. The summed E-state index contributed by atoms with van der Waals surface area (Å²) in [5.74, 6) is 4.88. The molecule has 0 bridgehead atoms. The first-order valence-corrected chi connectivity index (χ1v) is 7.20. The first-order valence-electron chi connectivity index (χ1n) is 7.20. The number of hydrogen-bond acceptors (Lipinski definition) is 0. The molecule has 0 N–H and O–H groups in total. The fourth-order valence-corrected chi connectivity index (χ4v) is 2.77. The Morgan fingerprint density at radius 3 is 0.750 bits per heavy atom. The third-order valence-electron chi connectivity index (χ3n) is 4.98. The molecule has 0 rings (SSSR count). The molecule has 1 heteroatoms. The van der Waals surface area contributed by atoms with Crippen molar-refractivity contribution in [2.24, 2.45) is 17.8 Å². The molecule has 3 atom stereocenters. The summed E-state index contributed by atoms with van der Waals surface area (Å²) >= 11 is 0. The van der Waals surface area contributed by atoms with Gasteiger partial charge < -0.3 is 0 Å². The van der Waals surface area contributed by atoms with Gasteiger partial charge in [-0.05, 0) is 0 Å². The maximum Gasteiger partial charge on any atom is 0.149 e. The number of rotatable bonds is 6. The van der Waals surface area contributed by atoms with Gasteiger partial charge in [-0.25, -0.2) is 0 Å². The van der Waals surface area contributed by atoms with E-state index in [-0.39, 0.29) is 0 Å². The van der Waals surface area contributed by atoms with Crippen molar-refractivity contribution in [2.75, 3.05) is 0 Å². The van der Waals surface area contributed by atoms with Crippen LogP contribution in [-0.4, -0.2) is 6.71 Å². The second-order valence-corrected chi connectivity index (χ2v) is 6.89. The zero-order valence-electron chi connectivity index (χ0n) is 13.0. The molecule has 0 spiro atoms.